The molecular formula is C33H35FN2O5. The third kappa shape index (κ3) is 7.12. The zero-order valence-corrected chi connectivity index (χ0v) is 22.9. The van der Waals surface area contributed by atoms with Crippen LogP contribution in [0.15, 0.2) is 66.7 Å². The minimum absolute atomic E-state index is 0.0591. The van der Waals surface area contributed by atoms with Crippen molar-refractivity contribution in [2.45, 2.75) is 64.0 Å². The van der Waals surface area contributed by atoms with Crippen molar-refractivity contribution in [1.82, 2.24) is 4.90 Å². The fourth-order valence-corrected chi connectivity index (χ4v) is 6.11. The average Bonchev–Trinajstić information content (AvgIpc) is 3.47. The molecule has 0 unspecified atom stereocenters. The molecule has 1 atom stereocenters. The third-order valence-electron chi connectivity index (χ3n) is 8.27. The summed E-state index contributed by atoms with van der Waals surface area (Å²) in [6, 6.07) is 21.1. The second-order valence-corrected chi connectivity index (χ2v) is 11.3. The molecular weight excluding hydrogens is 523 g/mol. The van der Waals surface area contributed by atoms with Crippen molar-refractivity contribution in [3.8, 4) is 0 Å². The molecule has 3 N–H and O–H groups in total. The zero-order chi connectivity index (χ0) is 28.9. The van der Waals surface area contributed by atoms with Crippen molar-refractivity contribution in [3.63, 3.8) is 0 Å². The van der Waals surface area contributed by atoms with Crippen molar-refractivity contribution in [2.24, 2.45) is 11.8 Å². The van der Waals surface area contributed by atoms with Gasteiger partial charge in [0.15, 0.2) is 0 Å². The van der Waals surface area contributed by atoms with Gasteiger partial charge in [-0.05, 0) is 84.9 Å². The summed E-state index contributed by atoms with van der Waals surface area (Å²) in [4.78, 5) is 36.6. The number of carbonyl (C=O) groups excluding carboxylic acids is 2. The Hall–Kier alpha value is -4.20. The number of nitrogens with zero attached hydrogens (tertiary/aromatic N) is 1. The van der Waals surface area contributed by atoms with Crippen LogP contribution >= 0.6 is 0 Å². The Morgan fingerprint density at radius 3 is 2.27 bits per heavy atom. The lowest BCUT2D eigenvalue weighted by Gasteiger charge is -2.24. The molecule has 6 rings (SSSR count). The number of hydrogen-bond donors (Lipinski definition) is 3. The second kappa shape index (κ2) is 12.5. The summed E-state index contributed by atoms with van der Waals surface area (Å²) in [5.41, 5.74) is 5.09. The number of halogens is 1. The maximum absolute atomic E-state index is 14.2. The maximum atomic E-state index is 14.2. The molecule has 1 heterocycles. The quantitative estimate of drug-likeness (QED) is 0.274. The smallest absolute Gasteiger partial charge is 0.450 e. The molecule has 2 amide bonds. The van der Waals surface area contributed by atoms with E-state index < -0.39 is 6.16 Å². The van der Waals surface area contributed by atoms with Crippen LogP contribution < -0.4 is 5.32 Å². The number of amides is 2. The van der Waals surface area contributed by atoms with Gasteiger partial charge in [-0.1, -0.05) is 55.3 Å². The summed E-state index contributed by atoms with van der Waals surface area (Å²) < 4.78 is 14.2. The van der Waals surface area contributed by atoms with Gasteiger partial charge in [0.25, 0.3) is 5.91 Å². The van der Waals surface area contributed by atoms with Crippen LogP contribution in [0.4, 0.5) is 14.9 Å². The molecule has 1 aliphatic heterocycles. The lowest BCUT2D eigenvalue weighted by Crippen LogP contribution is -2.27. The van der Waals surface area contributed by atoms with Crippen LogP contribution in [0.1, 0.15) is 77.1 Å². The van der Waals surface area contributed by atoms with Gasteiger partial charge in [0.05, 0.1) is 12.5 Å². The fraction of sp³-hybridized carbons (Fsp3) is 0.364. The molecule has 3 aliphatic rings. The first-order valence-corrected chi connectivity index (χ1v) is 14.3. The molecule has 3 aromatic rings. The maximum Gasteiger partial charge on any atom is 0.503 e. The van der Waals surface area contributed by atoms with Gasteiger partial charge in [0.2, 0.25) is 5.91 Å². The SMILES string of the molecule is O=C(Nc1cccc(CC2CC2)c1)[C@H](c1ccc(CN2Cc3c(F)cccc3C2=O)cc1)C1CCCC1.O=C(O)O. The van der Waals surface area contributed by atoms with Crippen LogP contribution in [0.2, 0.25) is 0 Å². The molecule has 2 fully saturated rings. The zero-order valence-electron chi connectivity index (χ0n) is 22.9. The van der Waals surface area contributed by atoms with Crippen molar-refractivity contribution in [1.29, 1.82) is 0 Å². The molecule has 0 radical (unpaired) electrons. The standard InChI is InChI=1S/C32H33FN2O2.CH2O3/c33-29-10-4-9-27-28(29)20-35(32(27)37)19-22-13-15-25(16-14-22)30(24-6-1-2-7-24)31(36)34-26-8-3-5-23(18-26)17-21-11-12-21;2-1(3)4/h3-5,8-10,13-16,18,21,24,30H,1-2,6-7,11-12,17,19-20H2,(H,34,36);(H2,2,3,4)/t30-;/m0./s1. The fourth-order valence-electron chi connectivity index (χ4n) is 6.11. The van der Waals surface area contributed by atoms with Gasteiger partial charge in [-0.2, -0.15) is 0 Å². The van der Waals surface area contributed by atoms with Gasteiger partial charge in [0.1, 0.15) is 5.82 Å². The number of carbonyl (C=O) groups is 3. The van der Waals surface area contributed by atoms with E-state index in [0.717, 1.165) is 54.8 Å². The number of benzene rings is 3. The van der Waals surface area contributed by atoms with Crippen LogP contribution in [0, 0.1) is 17.7 Å². The first-order valence-electron chi connectivity index (χ1n) is 14.3. The summed E-state index contributed by atoms with van der Waals surface area (Å²) in [5, 5.41) is 17.2. The number of rotatable bonds is 8. The number of hydrogen-bond acceptors (Lipinski definition) is 3. The number of anilines is 1. The van der Waals surface area contributed by atoms with Gasteiger partial charge in [-0.15, -0.1) is 0 Å². The van der Waals surface area contributed by atoms with Gasteiger partial charge in [-0.25, -0.2) is 9.18 Å². The summed E-state index contributed by atoms with van der Waals surface area (Å²) in [6.45, 7) is 0.705. The highest BCUT2D eigenvalue weighted by Crippen LogP contribution is 2.39. The van der Waals surface area contributed by atoms with E-state index in [1.807, 2.05) is 36.4 Å². The molecule has 41 heavy (non-hydrogen) atoms. The summed E-state index contributed by atoms with van der Waals surface area (Å²) >= 11 is 0. The summed E-state index contributed by atoms with van der Waals surface area (Å²) in [7, 11) is 0. The molecule has 0 spiro atoms. The monoisotopic (exact) mass is 558 g/mol. The van der Waals surface area contributed by atoms with E-state index in [9.17, 15) is 14.0 Å². The highest BCUT2D eigenvalue weighted by atomic mass is 19.1. The van der Waals surface area contributed by atoms with E-state index >= 15 is 0 Å². The van der Waals surface area contributed by atoms with Crippen molar-refractivity contribution in [3.05, 3.63) is 100 Å². The van der Waals surface area contributed by atoms with Gasteiger partial charge in [-0.3, -0.25) is 9.59 Å². The van der Waals surface area contributed by atoms with E-state index in [0.29, 0.717) is 23.6 Å². The lowest BCUT2D eigenvalue weighted by atomic mass is 9.83. The van der Waals surface area contributed by atoms with Gasteiger partial charge < -0.3 is 20.4 Å². The molecule has 2 aliphatic carbocycles. The molecule has 0 aromatic heterocycles. The predicted octanol–water partition coefficient (Wildman–Crippen LogP) is 7.07. The molecule has 0 bridgehead atoms. The van der Waals surface area contributed by atoms with E-state index in [1.165, 1.54) is 24.5 Å². The Bertz CT molecular complexity index is 1410. The molecule has 3 aromatic carbocycles. The van der Waals surface area contributed by atoms with Crippen molar-refractivity contribution in [2.75, 3.05) is 5.32 Å². The normalized spacial score (nSPS) is 17.0. The van der Waals surface area contributed by atoms with Crippen LogP contribution in [0.5, 0.6) is 0 Å². The predicted molar refractivity (Wildman–Crippen MR) is 153 cm³/mol. The van der Waals surface area contributed by atoms with E-state index in [2.05, 4.69) is 17.4 Å². The van der Waals surface area contributed by atoms with E-state index in [-0.39, 0.29) is 30.1 Å². The van der Waals surface area contributed by atoms with Gasteiger partial charge >= 0.3 is 6.16 Å². The van der Waals surface area contributed by atoms with Crippen molar-refractivity contribution >= 4 is 23.7 Å². The lowest BCUT2D eigenvalue weighted by molar-refractivity contribution is -0.118. The van der Waals surface area contributed by atoms with Crippen LogP contribution in [0.3, 0.4) is 0 Å². The Balaban J connectivity index is 0.000000794. The Morgan fingerprint density at radius 2 is 1.61 bits per heavy atom. The molecule has 7 nitrogen and oxygen atoms in total. The second-order valence-electron chi connectivity index (χ2n) is 11.3. The summed E-state index contributed by atoms with van der Waals surface area (Å²) in [5.74, 6) is 0.537. The van der Waals surface area contributed by atoms with Crippen LogP contribution in [0.25, 0.3) is 0 Å². The molecule has 2 saturated carbocycles. The first kappa shape index (κ1) is 28.3. The number of nitrogens with one attached hydrogen (secondary N) is 1. The van der Waals surface area contributed by atoms with Crippen molar-refractivity contribution < 1.29 is 29.0 Å². The molecule has 8 heteroatoms. The van der Waals surface area contributed by atoms with Gasteiger partial charge in [0, 0.05) is 23.4 Å². The minimum atomic E-state index is -1.83. The first-order chi connectivity index (χ1) is 19.8. The Kier molecular flexibility index (Phi) is 8.67. The molecule has 0 saturated heterocycles. The van der Waals surface area contributed by atoms with E-state index in [4.69, 9.17) is 15.0 Å². The Morgan fingerprint density at radius 1 is 0.927 bits per heavy atom. The molecule has 214 valence electrons. The summed E-state index contributed by atoms with van der Waals surface area (Å²) in [6.07, 6.45) is 6.34. The van der Waals surface area contributed by atoms with Crippen LogP contribution in [-0.4, -0.2) is 33.1 Å². The third-order valence-corrected chi connectivity index (χ3v) is 8.27. The van der Waals surface area contributed by atoms with E-state index in [1.54, 1.807) is 17.0 Å². The largest absolute Gasteiger partial charge is 0.503 e. The average molecular weight is 559 g/mol. The highest BCUT2D eigenvalue weighted by molar-refractivity contribution is 5.98. The minimum Gasteiger partial charge on any atom is -0.450 e. The Labute approximate surface area is 239 Å². The number of carboxylic acid groups (broad SMARTS) is 2. The number of fused-ring (bicyclic) bond motifs is 1. The topological polar surface area (TPSA) is 107 Å². The van der Waals surface area contributed by atoms with Crippen LogP contribution in [-0.2, 0) is 24.3 Å². The highest BCUT2D eigenvalue weighted by Gasteiger charge is 2.33.